The second-order valence-corrected chi connectivity index (χ2v) is 7.66. The van der Waals surface area contributed by atoms with Gasteiger partial charge in [0.2, 0.25) is 5.13 Å². The molecular formula is C16H20ClN3S. The van der Waals surface area contributed by atoms with Crippen molar-refractivity contribution < 1.29 is 0 Å². The Morgan fingerprint density at radius 2 is 2.14 bits per heavy atom. The molecule has 1 heterocycles. The summed E-state index contributed by atoms with van der Waals surface area (Å²) in [4.78, 5) is 0. The number of benzene rings is 1. The van der Waals surface area contributed by atoms with E-state index in [-0.39, 0.29) is 0 Å². The smallest absolute Gasteiger partial charge is 0.205 e. The van der Waals surface area contributed by atoms with Gasteiger partial charge in [-0.2, -0.15) is 0 Å². The number of hydrogen-bond donors (Lipinski definition) is 1. The fraction of sp³-hybridized carbons (Fsp3) is 0.500. The molecule has 0 bridgehead atoms. The molecule has 21 heavy (non-hydrogen) atoms. The van der Waals surface area contributed by atoms with Crippen molar-refractivity contribution in [1.29, 1.82) is 0 Å². The van der Waals surface area contributed by atoms with E-state index in [1.54, 1.807) is 11.3 Å². The van der Waals surface area contributed by atoms with Gasteiger partial charge in [0.1, 0.15) is 5.01 Å². The van der Waals surface area contributed by atoms with Gasteiger partial charge in [0.15, 0.2) is 0 Å². The zero-order valence-corrected chi connectivity index (χ0v) is 13.9. The van der Waals surface area contributed by atoms with Crippen LogP contribution in [0.3, 0.4) is 0 Å². The average molecular weight is 322 g/mol. The van der Waals surface area contributed by atoms with Crippen LogP contribution in [0.15, 0.2) is 24.3 Å². The van der Waals surface area contributed by atoms with Gasteiger partial charge in [0.25, 0.3) is 0 Å². The largest absolute Gasteiger partial charge is 0.357 e. The predicted octanol–water partition coefficient (Wildman–Crippen LogP) is 4.75. The van der Waals surface area contributed by atoms with Crippen molar-refractivity contribution in [1.82, 2.24) is 10.2 Å². The van der Waals surface area contributed by atoms with Crippen LogP contribution in [0.5, 0.6) is 0 Å². The highest BCUT2D eigenvalue weighted by atomic mass is 35.5. The van der Waals surface area contributed by atoms with Gasteiger partial charge in [-0.1, -0.05) is 48.9 Å². The molecule has 1 saturated carbocycles. The zero-order chi connectivity index (χ0) is 14.8. The van der Waals surface area contributed by atoms with Crippen LogP contribution in [-0.2, 0) is 6.42 Å². The zero-order valence-electron chi connectivity index (χ0n) is 12.3. The van der Waals surface area contributed by atoms with Crippen LogP contribution in [0, 0.1) is 5.92 Å². The summed E-state index contributed by atoms with van der Waals surface area (Å²) in [5, 5.41) is 14.9. The Morgan fingerprint density at radius 3 is 2.86 bits per heavy atom. The molecular weight excluding hydrogens is 302 g/mol. The van der Waals surface area contributed by atoms with Gasteiger partial charge in [-0.25, -0.2) is 0 Å². The number of anilines is 1. The van der Waals surface area contributed by atoms with Crippen LogP contribution in [0.4, 0.5) is 5.13 Å². The summed E-state index contributed by atoms with van der Waals surface area (Å²) in [6.45, 7) is 4.41. The van der Waals surface area contributed by atoms with E-state index in [4.69, 9.17) is 11.6 Å². The van der Waals surface area contributed by atoms with Gasteiger partial charge < -0.3 is 5.32 Å². The molecule has 2 aromatic rings. The quantitative estimate of drug-likeness (QED) is 0.863. The van der Waals surface area contributed by atoms with Crippen molar-refractivity contribution in [2.45, 2.75) is 45.1 Å². The molecule has 1 aromatic heterocycles. The van der Waals surface area contributed by atoms with E-state index in [0.717, 1.165) is 34.4 Å². The third-order valence-electron chi connectivity index (χ3n) is 3.84. The first-order valence-electron chi connectivity index (χ1n) is 7.44. The normalized spacial score (nSPS) is 21.3. The lowest BCUT2D eigenvalue weighted by atomic mass is 9.76. The van der Waals surface area contributed by atoms with Crippen molar-refractivity contribution in [3.05, 3.63) is 39.9 Å². The first-order valence-corrected chi connectivity index (χ1v) is 8.64. The van der Waals surface area contributed by atoms with Crippen molar-refractivity contribution in [2.24, 2.45) is 5.92 Å². The maximum atomic E-state index is 6.05. The second kappa shape index (κ2) is 6.32. The highest BCUT2D eigenvalue weighted by Gasteiger charge is 2.31. The summed E-state index contributed by atoms with van der Waals surface area (Å²) in [6, 6.07) is 8.71. The van der Waals surface area contributed by atoms with Crippen LogP contribution in [-0.4, -0.2) is 16.2 Å². The molecule has 1 N–H and O–H groups in total. The van der Waals surface area contributed by atoms with E-state index in [0.29, 0.717) is 17.9 Å². The van der Waals surface area contributed by atoms with E-state index in [1.807, 2.05) is 12.1 Å². The topological polar surface area (TPSA) is 37.8 Å². The van der Waals surface area contributed by atoms with Crippen LogP contribution >= 0.6 is 22.9 Å². The first-order chi connectivity index (χ1) is 10.1. The molecule has 1 aliphatic rings. The molecule has 0 saturated heterocycles. The van der Waals surface area contributed by atoms with Gasteiger partial charge in [-0.05, 0) is 42.4 Å². The van der Waals surface area contributed by atoms with Gasteiger partial charge in [-0.15, -0.1) is 10.2 Å². The van der Waals surface area contributed by atoms with Gasteiger partial charge in [-0.3, -0.25) is 0 Å². The molecule has 3 nitrogen and oxygen atoms in total. The second-order valence-electron chi connectivity index (χ2n) is 6.16. The summed E-state index contributed by atoms with van der Waals surface area (Å²) in [6.07, 6.45) is 3.29. The van der Waals surface area contributed by atoms with Crippen LogP contribution in [0.1, 0.15) is 43.2 Å². The van der Waals surface area contributed by atoms with Crippen LogP contribution < -0.4 is 5.32 Å². The molecule has 0 amide bonds. The molecule has 5 heteroatoms. The Balaban J connectivity index is 1.51. The maximum Gasteiger partial charge on any atom is 0.205 e. The molecule has 112 valence electrons. The minimum absolute atomic E-state index is 0.508. The number of rotatable bonds is 5. The fourth-order valence-electron chi connectivity index (χ4n) is 2.69. The minimum atomic E-state index is 0.508. The predicted molar refractivity (Wildman–Crippen MR) is 89.3 cm³/mol. The van der Waals surface area contributed by atoms with Crippen molar-refractivity contribution in [2.75, 3.05) is 5.32 Å². The number of halogens is 1. The molecule has 0 unspecified atom stereocenters. The standard InChI is InChI=1S/C16H20ClN3S/c1-10(2)6-15-19-20-16(21-15)18-14-8-12(9-14)11-4-3-5-13(17)7-11/h3-5,7,10,12,14H,6,8-9H2,1-2H3,(H,18,20). The summed E-state index contributed by atoms with van der Waals surface area (Å²) in [7, 11) is 0. The molecule has 1 aliphatic carbocycles. The molecule has 1 aromatic carbocycles. The van der Waals surface area contributed by atoms with E-state index in [9.17, 15) is 0 Å². The van der Waals surface area contributed by atoms with Crippen molar-refractivity contribution in [3.8, 4) is 0 Å². The third kappa shape index (κ3) is 3.74. The lowest BCUT2D eigenvalue weighted by molar-refractivity contribution is 0.374. The minimum Gasteiger partial charge on any atom is -0.357 e. The average Bonchev–Trinajstić information content (AvgIpc) is 2.79. The Bertz CT molecular complexity index is 605. The van der Waals surface area contributed by atoms with Crippen molar-refractivity contribution >= 4 is 28.1 Å². The number of aromatic nitrogens is 2. The molecule has 0 spiro atoms. The number of nitrogens with one attached hydrogen (secondary N) is 1. The highest BCUT2D eigenvalue weighted by molar-refractivity contribution is 7.15. The Morgan fingerprint density at radius 1 is 1.33 bits per heavy atom. The molecule has 0 aliphatic heterocycles. The van der Waals surface area contributed by atoms with E-state index in [1.165, 1.54) is 5.56 Å². The van der Waals surface area contributed by atoms with Crippen LogP contribution in [0.2, 0.25) is 5.02 Å². The highest BCUT2D eigenvalue weighted by Crippen LogP contribution is 2.39. The monoisotopic (exact) mass is 321 g/mol. The Labute approximate surface area is 134 Å². The first kappa shape index (κ1) is 14.8. The summed E-state index contributed by atoms with van der Waals surface area (Å²) >= 11 is 7.73. The van der Waals surface area contributed by atoms with E-state index < -0.39 is 0 Å². The molecule has 1 fully saturated rings. The van der Waals surface area contributed by atoms with Crippen molar-refractivity contribution in [3.63, 3.8) is 0 Å². The Hall–Kier alpha value is -1.13. The van der Waals surface area contributed by atoms with Gasteiger partial charge in [0.05, 0.1) is 0 Å². The van der Waals surface area contributed by atoms with E-state index in [2.05, 4.69) is 41.5 Å². The lowest BCUT2D eigenvalue weighted by Crippen LogP contribution is -2.33. The van der Waals surface area contributed by atoms with Gasteiger partial charge >= 0.3 is 0 Å². The fourth-order valence-corrected chi connectivity index (χ4v) is 3.91. The summed E-state index contributed by atoms with van der Waals surface area (Å²) < 4.78 is 0. The Kier molecular flexibility index (Phi) is 4.45. The molecule has 0 atom stereocenters. The van der Waals surface area contributed by atoms with Gasteiger partial charge in [0, 0.05) is 17.5 Å². The summed E-state index contributed by atoms with van der Waals surface area (Å²) in [5.74, 6) is 1.24. The number of hydrogen-bond acceptors (Lipinski definition) is 4. The van der Waals surface area contributed by atoms with E-state index >= 15 is 0 Å². The number of nitrogens with zero attached hydrogens (tertiary/aromatic N) is 2. The molecule has 0 radical (unpaired) electrons. The molecule has 3 rings (SSSR count). The third-order valence-corrected chi connectivity index (χ3v) is 4.95. The summed E-state index contributed by atoms with van der Waals surface area (Å²) in [5.41, 5.74) is 1.35. The maximum absolute atomic E-state index is 6.05. The SMILES string of the molecule is CC(C)Cc1nnc(NC2CC(c3cccc(Cl)c3)C2)s1. The lowest BCUT2D eigenvalue weighted by Gasteiger charge is -2.36. The van der Waals surface area contributed by atoms with Crippen LogP contribution in [0.25, 0.3) is 0 Å².